The normalized spacial score (nSPS) is 10.2. The molecule has 0 aliphatic rings. The number of nitrogens with zero attached hydrogens (tertiary/aromatic N) is 1. The minimum atomic E-state index is -0.373. The van der Waals surface area contributed by atoms with Gasteiger partial charge in [0.05, 0.1) is 5.02 Å². The zero-order valence-corrected chi connectivity index (χ0v) is 13.0. The highest BCUT2D eigenvalue weighted by Crippen LogP contribution is 2.20. The highest BCUT2D eigenvalue weighted by atomic mass is 35.5. The second kappa shape index (κ2) is 7.29. The average molecular weight is 324 g/mol. The van der Waals surface area contributed by atoms with Crippen LogP contribution >= 0.6 is 23.2 Å². The Labute approximate surface area is 133 Å². The SMILES string of the molecule is CCCNc1ccc(Cl)c(C(=O)Nc2cccc(Cl)c2)n1. The van der Waals surface area contributed by atoms with Gasteiger partial charge in [-0.25, -0.2) is 4.98 Å². The molecule has 2 rings (SSSR count). The predicted molar refractivity (Wildman–Crippen MR) is 87.4 cm³/mol. The Morgan fingerprint density at radius 3 is 2.76 bits per heavy atom. The molecule has 0 radical (unpaired) electrons. The summed E-state index contributed by atoms with van der Waals surface area (Å²) in [5, 5.41) is 6.69. The molecule has 2 aromatic rings. The first kappa shape index (κ1) is 15.6. The van der Waals surface area contributed by atoms with E-state index >= 15 is 0 Å². The van der Waals surface area contributed by atoms with Gasteiger partial charge in [0, 0.05) is 17.3 Å². The van der Waals surface area contributed by atoms with Crippen molar-refractivity contribution >= 4 is 40.6 Å². The van der Waals surface area contributed by atoms with E-state index in [2.05, 4.69) is 22.5 Å². The maximum absolute atomic E-state index is 12.2. The molecule has 0 unspecified atom stereocenters. The van der Waals surface area contributed by atoms with Gasteiger partial charge in [0.25, 0.3) is 5.91 Å². The number of pyridine rings is 1. The van der Waals surface area contributed by atoms with E-state index in [-0.39, 0.29) is 11.6 Å². The number of benzene rings is 1. The highest BCUT2D eigenvalue weighted by Gasteiger charge is 2.13. The number of hydrogen-bond acceptors (Lipinski definition) is 3. The lowest BCUT2D eigenvalue weighted by molar-refractivity contribution is 0.102. The molecule has 0 saturated carbocycles. The van der Waals surface area contributed by atoms with Gasteiger partial charge in [0.1, 0.15) is 11.5 Å². The first-order chi connectivity index (χ1) is 10.1. The summed E-state index contributed by atoms with van der Waals surface area (Å²) in [6, 6.07) is 10.3. The van der Waals surface area contributed by atoms with Crippen LogP contribution in [0.15, 0.2) is 36.4 Å². The molecule has 21 heavy (non-hydrogen) atoms. The van der Waals surface area contributed by atoms with Crippen LogP contribution in [-0.2, 0) is 0 Å². The van der Waals surface area contributed by atoms with Gasteiger partial charge >= 0.3 is 0 Å². The molecule has 1 aromatic carbocycles. The van der Waals surface area contributed by atoms with E-state index in [0.29, 0.717) is 21.6 Å². The molecule has 6 heteroatoms. The lowest BCUT2D eigenvalue weighted by atomic mass is 10.3. The monoisotopic (exact) mass is 323 g/mol. The molecule has 0 aliphatic heterocycles. The zero-order chi connectivity index (χ0) is 15.2. The summed E-state index contributed by atoms with van der Waals surface area (Å²) in [6.07, 6.45) is 0.967. The zero-order valence-electron chi connectivity index (χ0n) is 11.5. The molecule has 4 nitrogen and oxygen atoms in total. The van der Waals surface area contributed by atoms with Crippen molar-refractivity contribution in [2.24, 2.45) is 0 Å². The van der Waals surface area contributed by atoms with Crippen LogP contribution in [-0.4, -0.2) is 17.4 Å². The Bertz CT molecular complexity index is 647. The van der Waals surface area contributed by atoms with Crippen LogP contribution in [0, 0.1) is 0 Å². The first-order valence-electron chi connectivity index (χ1n) is 6.57. The minimum Gasteiger partial charge on any atom is -0.370 e. The first-order valence-corrected chi connectivity index (χ1v) is 7.33. The average Bonchev–Trinajstić information content (AvgIpc) is 2.46. The molecular weight excluding hydrogens is 309 g/mol. The van der Waals surface area contributed by atoms with Gasteiger partial charge in [0.15, 0.2) is 0 Å². The number of rotatable bonds is 5. The lowest BCUT2D eigenvalue weighted by Gasteiger charge is -2.09. The third-order valence-electron chi connectivity index (χ3n) is 2.70. The van der Waals surface area contributed by atoms with Crippen molar-refractivity contribution in [2.75, 3.05) is 17.2 Å². The molecule has 0 saturated heterocycles. The Hall–Kier alpha value is -1.78. The molecule has 0 aliphatic carbocycles. The van der Waals surface area contributed by atoms with Gasteiger partial charge in [-0.15, -0.1) is 0 Å². The van der Waals surface area contributed by atoms with Crippen molar-refractivity contribution in [2.45, 2.75) is 13.3 Å². The summed E-state index contributed by atoms with van der Waals surface area (Å²) in [6.45, 7) is 2.83. The Balaban J connectivity index is 2.18. The van der Waals surface area contributed by atoms with E-state index in [4.69, 9.17) is 23.2 Å². The van der Waals surface area contributed by atoms with Crippen LogP contribution in [0.4, 0.5) is 11.5 Å². The van der Waals surface area contributed by atoms with Crippen LogP contribution in [0.5, 0.6) is 0 Å². The molecule has 1 aromatic heterocycles. The van der Waals surface area contributed by atoms with Crippen molar-refractivity contribution < 1.29 is 4.79 Å². The maximum Gasteiger partial charge on any atom is 0.275 e. The van der Waals surface area contributed by atoms with Crippen molar-refractivity contribution in [1.82, 2.24) is 4.98 Å². The fourth-order valence-corrected chi connectivity index (χ4v) is 2.09. The van der Waals surface area contributed by atoms with Crippen LogP contribution in [0.25, 0.3) is 0 Å². The predicted octanol–water partition coefficient (Wildman–Crippen LogP) is 4.46. The Morgan fingerprint density at radius 2 is 2.05 bits per heavy atom. The quantitative estimate of drug-likeness (QED) is 0.853. The molecule has 1 amide bonds. The molecule has 0 bridgehead atoms. The third kappa shape index (κ3) is 4.34. The Morgan fingerprint density at radius 1 is 1.24 bits per heavy atom. The molecule has 1 heterocycles. The van der Waals surface area contributed by atoms with E-state index < -0.39 is 0 Å². The number of hydrogen-bond donors (Lipinski definition) is 2. The van der Waals surface area contributed by atoms with Crippen LogP contribution in [0.1, 0.15) is 23.8 Å². The molecule has 110 valence electrons. The largest absolute Gasteiger partial charge is 0.370 e. The number of aromatic nitrogens is 1. The Kier molecular flexibility index (Phi) is 5.42. The van der Waals surface area contributed by atoms with E-state index in [1.165, 1.54) is 0 Å². The van der Waals surface area contributed by atoms with Gasteiger partial charge in [-0.05, 0) is 36.8 Å². The summed E-state index contributed by atoms with van der Waals surface area (Å²) in [5.41, 5.74) is 0.773. The second-order valence-corrected chi connectivity index (χ2v) is 5.26. The number of amides is 1. The highest BCUT2D eigenvalue weighted by molar-refractivity contribution is 6.34. The van der Waals surface area contributed by atoms with Gasteiger partial charge < -0.3 is 10.6 Å². The summed E-state index contributed by atoms with van der Waals surface area (Å²) in [7, 11) is 0. The number of nitrogens with one attached hydrogen (secondary N) is 2. The van der Waals surface area contributed by atoms with Crippen molar-refractivity contribution in [1.29, 1.82) is 0 Å². The fourth-order valence-electron chi connectivity index (χ4n) is 1.71. The molecule has 2 N–H and O–H groups in total. The lowest BCUT2D eigenvalue weighted by Crippen LogP contribution is -2.15. The van der Waals surface area contributed by atoms with E-state index in [1.807, 2.05) is 0 Å². The van der Waals surface area contributed by atoms with Crippen molar-refractivity contribution in [3.63, 3.8) is 0 Å². The van der Waals surface area contributed by atoms with E-state index in [0.717, 1.165) is 13.0 Å². The van der Waals surface area contributed by atoms with E-state index in [9.17, 15) is 4.79 Å². The number of carbonyl (C=O) groups is 1. The summed E-state index contributed by atoms with van der Waals surface area (Å²) < 4.78 is 0. The minimum absolute atomic E-state index is 0.178. The molecule has 0 fully saturated rings. The van der Waals surface area contributed by atoms with Crippen molar-refractivity contribution in [3.8, 4) is 0 Å². The maximum atomic E-state index is 12.2. The van der Waals surface area contributed by atoms with Crippen LogP contribution < -0.4 is 10.6 Å². The van der Waals surface area contributed by atoms with E-state index in [1.54, 1.807) is 36.4 Å². The number of anilines is 2. The van der Waals surface area contributed by atoms with Gasteiger partial charge in [-0.1, -0.05) is 36.2 Å². The van der Waals surface area contributed by atoms with Gasteiger partial charge in [0.2, 0.25) is 0 Å². The fraction of sp³-hybridized carbons (Fsp3) is 0.200. The summed E-state index contributed by atoms with van der Waals surface area (Å²) in [5.74, 6) is 0.250. The van der Waals surface area contributed by atoms with Gasteiger partial charge in [-0.3, -0.25) is 4.79 Å². The number of halogens is 2. The number of carbonyl (C=O) groups excluding carboxylic acids is 1. The summed E-state index contributed by atoms with van der Waals surface area (Å²) in [4.78, 5) is 16.5. The molecule has 0 spiro atoms. The molecule has 0 atom stereocenters. The molecular formula is C15H15Cl2N3O. The van der Waals surface area contributed by atoms with Crippen LogP contribution in [0.2, 0.25) is 10.0 Å². The van der Waals surface area contributed by atoms with Crippen molar-refractivity contribution in [3.05, 3.63) is 52.1 Å². The smallest absolute Gasteiger partial charge is 0.275 e. The topological polar surface area (TPSA) is 54.0 Å². The third-order valence-corrected chi connectivity index (χ3v) is 3.24. The standard InChI is InChI=1S/C15H15Cl2N3O/c1-2-8-18-13-7-6-12(17)14(20-13)15(21)19-11-5-3-4-10(16)9-11/h3-7,9H,2,8H2,1H3,(H,18,20)(H,19,21). The second-order valence-electron chi connectivity index (χ2n) is 4.42. The van der Waals surface area contributed by atoms with Gasteiger partial charge in [-0.2, -0.15) is 0 Å². The van der Waals surface area contributed by atoms with Crippen LogP contribution in [0.3, 0.4) is 0 Å². The summed E-state index contributed by atoms with van der Waals surface area (Å²) >= 11 is 11.9.